The fraction of sp³-hybridized carbons (Fsp3) is 0.333. The van der Waals surface area contributed by atoms with E-state index in [9.17, 15) is 4.79 Å². The van der Waals surface area contributed by atoms with Crippen LogP contribution in [0.3, 0.4) is 0 Å². The SMILES string of the molecule is N=C(N)c1ccc(CNC(=O)C2CC=CCC2)cc1. The molecule has 0 spiro atoms. The van der Waals surface area contributed by atoms with Crippen LogP contribution in [0.2, 0.25) is 0 Å². The standard InChI is InChI=1S/C15H19N3O/c16-14(17)12-8-6-11(7-9-12)10-18-15(19)13-4-2-1-3-5-13/h1-2,6-9,13H,3-5,10H2,(H3,16,17)(H,18,19). The molecule has 1 unspecified atom stereocenters. The molecule has 0 aromatic heterocycles. The second kappa shape index (κ2) is 6.18. The van der Waals surface area contributed by atoms with Crippen molar-refractivity contribution in [3.05, 3.63) is 47.5 Å². The maximum Gasteiger partial charge on any atom is 0.223 e. The Morgan fingerprint density at radius 2 is 2.05 bits per heavy atom. The number of amides is 1. The summed E-state index contributed by atoms with van der Waals surface area (Å²) in [4.78, 5) is 11.9. The summed E-state index contributed by atoms with van der Waals surface area (Å²) in [6, 6.07) is 7.37. The Morgan fingerprint density at radius 1 is 1.32 bits per heavy atom. The van der Waals surface area contributed by atoms with Crippen LogP contribution in [0, 0.1) is 11.3 Å². The van der Waals surface area contributed by atoms with Crippen LogP contribution in [-0.4, -0.2) is 11.7 Å². The summed E-state index contributed by atoms with van der Waals surface area (Å²) in [5, 5.41) is 10.3. The van der Waals surface area contributed by atoms with Crippen molar-refractivity contribution in [2.75, 3.05) is 0 Å². The molecule has 1 atom stereocenters. The molecule has 4 nitrogen and oxygen atoms in total. The van der Waals surface area contributed by atoms with Crippen LogP contribution < -0.4 is 11.1 Å². The Balaban J connectivity index is 1.86. The molecule has 0 fully saturated rings. The Bertz CT molecular complexity index is 491. The lowest BCUT2D eigenvalue weighted by Gasteiger charge is -2.17. The number of benzene rings is 1. The van der Waals surface area contributed by atoms with Gasteiger partial charge in [0.1, 0.15) is 5.84 Å². The smallest absolute Gasteiger partial charge is 0.223 e. The number of carbonyl (C=O) groups is 1. The number of carbonyl (C=O) groups excluding carboxylic acids is 1. The molecule has 0 saturated heterocycles. The molecule has 0 bridgehead atoms. The normalized spacial score (nSPS) is 18.0. The Hall–Kier alpha value is -2.10. The lowest BCUT2D eigenvalue weighted by Crippen LogP contribution is -2.30. The zero-order valence-corrected chi connectivity index (χ0v) is 10.9. The third-order valence-corrected chi connectivity index (χ3v) is 3.37. The van der Waals surface area contributed by atoms with Crippen molar-refractivity contribution in [1.82, 2.24) is 5.32 Å². The molecule has 0 radical (unpaired) electrons. The minimum atomic E-state index is 0.0598. The topological polar surface area (TPSA) is 79.0 Å². The second-order valence-corrected chi connectivity index (χ2v) is 4.81. The summed E-state index contributed by atoms with van der Waals surface area (Å²) in [6.45, 7) is 0.525. The lowest BCUT2D eigenvalue weighted by molar-refractivity contribution is -0.125. The van der Waals surface area contributed by atoms with Gasteiger partial charge in [0.2, 0.25) is 5.91 Å². The summed E-state index contributed by atoms with van der Waals surface area (Å²) in [6.07, 6.45) is 6.98. The lowest BCUT2D eigenvalue weighted by atomic mass is 9.93. The van der Waals surface area contributed by atoms with Crippen LogP contribution in [0.15, 0.2) is 36.4 Å². The Labute approximate surface area is 113 Å². The number of hydrogen-bond acceptors (Lipinski definition) is 2. The second-order valence-electron chi connectivity index (χ2n) is 4.81. The van der Waals surface area contributed by atoms with Crippen molar-refractivity contribution < 1.29 is 4.79 Å². The van der Waals surface area contributed by atoms with E-state index in [0.717, 1.165) is 24.8 Å². The molecule has 4 heteroatoms. The molecule has 1 aliphatic carbocycles. The summed E-state index contributed by atoms with van der Waals surface area (Å²) in [7, 11) is 0. The first-order valence-electron chi connectivity index (χ1n) is 6.53. The number of allylic oxidation sites excluding steroid dienone is 2. The van der Waals surface area contributed by atoms with Crippen LogP contribution in [0.4, 0.5) is 0 Å². The Kier molecular flexibility index (Phi) is 4.34. The molecular formula is C15H19N3O. The first-order valence-corrected chi connectivity index (χ1v) is 6.53. The van der Waals surface area contributed by atoms with Crippen molar-refractivity contribution in [1.29, 1.82) is 5.41 Å². The van der Waals surface area contributed by atoms with Gasteiger partial charge in [-0.15, -0.1) is 0 Å². The summed E-state index contributed by atoms with van der Waals surface area (Å²) in [5.41, 5.74) is 7.11. The van der Waals surface area contributed by atoms with Gasteiger partial charge in [-0.1, -0.05) is 36.4 Å². The molecule has 0 saturated carbocycles. The molecular weight excluding hydrogens is 238 g/mol. The van der Waals surface area contributed by atoms with E-state index >= 15 is 0 Å². The minimum Gasteiger partial charge on any atom is -0.384 e. The van der Waals surface area contributed by atoms with Gasteiger partial charge in [-0.05, 0) is 24.8 Å². The van der Waals surface area contributed by atoms with Crippen molar-refractivity contribution in [2.24, 2.45) is 11.7 Å². The molecule has 0 heterocycles. The zero-order chi connectivity index (χ0) is 13.7. The fourth-order valence-corrected chi connectivity index (χ4v) is 2.17. The minimum absolute atomic E-state index is 0.0598. The van der Waals surface area contributed by atoms with E-state index in [-0.39, 0.29) is 17.7 Å². The quantitative estimate of drug-likeness (QED) is 0.438. The van der Waals surface area contributed by atoms with E-state index < -0.39 is 0 Å². The van der Waals surface area contributed by atoms with Crippen LogP contribution >= 0.6 is 0 Å². The van der Waals surface area contributed by atoms with Gasteiger partial charge in [0, 0.05) is 18.0 Å². The number of hydrogen-bond donors (Lipinski definition) is 3. The number of nitrogen functional groups attached to an aromatic ring is 1. The zero-order valence-electron chi connectivity index (χ0n) is 10.9. The molecule has 19 heavy (non-hydrogen) atoms. The molecule has 2 rings (SSSR count). The van der Waals surface area contributed by atoms with Crippen LogP contribution in [-0.2, 0) is 11.3 Å². The van der Waals surface area contributed by atoms with E-state index in [1.165, 1.54) is 0 Å². The van der Waals surface area contributed by atoms with Gasteiger partial charge in [0.25, 0.3) is 0 Å². The van der Waals surface area contributed by atoms with Gasteiger partial charge in [0.15, 0.2) is 0 Å². The highest BCUT2D eigenvalue weighted by Crippen LogP contribution is 2.18. The van der Waals surface area contributed by atoms with Gasteiger partial charge in [-0.2, -0.15) is 0 Å². The summed E-state index contributed by atoms with van der Waals surface area (Å²) in [5.74, 6) is 0.297. The van der Waals surface area contributed by atoms with Gasteiger partial charge >= 0.3 is 0 Å². The largest absolute Gasteiger partial charge is 0.384 e. The third kappa shape index (κ3) is 3.68. The van der Waals surface area contributed by atoms with E-state index in [0.29, 0.717) is 12.1 Å². The van der Waals surface area contributed by atoms with Crippen molar-refractivity contribution >= 4 is 11.7 Å². The van der Waals surface area contributed by atoms with Gasteiger partial charge in [0.05, 0.1) is 0 Å². The van der Waals surface area contributed by atoms with Crippen LogP contribution in [0.25, 0.3) is 0 Å². The average molecular weight is 257 g/mol. The van der Waals surface area contributed by atoms with E-state index in [4.69, 9.17) is 11.1 Å². The Morgan fingerprint density at radius 3 is 2.63 bits per heavy atom. The number of rotatable bonds is 4. The summed E-state index contributed by atoms with van der Waals surface area (Å²) < 4.78 is 0. The highest BCUT2D eigenvalue weighted by Gasteiger charge is 2.17. The van der Waals surface area contributed by atoms with Crippen molar-refractivity contribution in [3.63, 3.8) is 0 Å². The van der Waals surface area contributed by atoms with Crippen LogP contribution in [0.1, 0.15) is 30.4 Å². The maximum absolute atomic E-state index is 11.9. The molecule has 100 valence electrons. The van der Waals surface area contributed by atoms with E-state index in [1.54, 1.807) is 12.1 Å². The van der Waals surface area contributed by atoms with Gasteiger partial charge in [-0.25, -0.2) is 0 Å². The first kappa shape index (κ1) is 13.3. The number of nitrogens with two attached hydrogens (primary N) is 1. The predicted octanol–water partition coefficient (Wildman–Crippen LogP) is 1.94. The highest BCUT2D eigenvalue weighted by atomic mass is 16.1. The fourth-order valence-electron chi connectivity index (χ4n) is 2.17. The van der Waals surface area contributed by atoms with E-state index in [1.807, 2.05) is 12.1 Å². The molecule has 1 aromatic rings. The monoisotopic (exact) mass is 257 g/mol. The summed E-state index contributed by atoms with van der Waals surface area (Å²) >= 11 is 0. The average Bonchev–Trinajstić information content (AvgIpc) is 2.46. The molecule has 1 aliphatic rings. The first-order chi connectivity index (χ1) is 9.16. The van der Waals surface area contributed by atoms with Crippen molar-refractivity contribution in [3.8, 4) is 0 Å². The number of nitrogens with one attached hydrogen (secondary N) is 2. The van der Waals surface area contributed by atoms with Gasteiger partial charge < -0.3 is 11.1 Å². The van der Waals surface area contributed by atoms with Crippen LogP contribution in [0.5, 0.6) is 0 Å². The molecule has 4 N–H and O–H groups in total. The predicted molar refractivity (Wildman–Crippen MR) is 75.8 cm³/mol. The maximum atomic E-state index is 11.9. The van der Waals surface area contributed by atoms with Gasteiger partial charge in [-0.3, -0.25) is 10.2 Å². The van der Waals surface area contributed by atoms with Crippen molar-refractivity contribution in [2.45, 2.75) is 25.8 Å². The number of amidine groups is 1. The van der Waals surface area contributed by atoms with E-state index in [2.05, 4.69) is 17.5 Å². The molecule has 1 amide bonds. The molecule has 0 aliphatic heterocycles. The molecule has 1 aromatic carbocycles. The highest BCUT2D eigenvalue weighted by molar-refractivity contribution is 5.94. The third-order valence-electron chi connectivity index (χ3n) is 3.37.